The van der Waals surface area contributed by atoms with Gasteiger partial charge >= 0.3 is 0 Å². The van der Waals surface area contributed by atoms with Gasteiger partial charge in [-0.2, -0.15) is 0 Å². The monoisotopic (exact) mass is 248 g/mol. The second-order valence-corrected chi connectivity index (χ2v) is 5.49. The molecule has 0 radical (unpaired) electrons. The minimum atomic E-state index is 0.664. The number of rotatable bonds is 3. The van der Waals surface area contributed by atoms with Crippen molar-refractivity contribution in [3.8, 4) is 0 Å². The van der Waals surface area contributed by atoms with Crippen molar-refractivity contribution in [2.24, 2.45) is 5.92 Å². The van der Waals surface area contributed by atoms with Crippen molar-refractivity contribution in [3.63, 3.8) is 0 Å². The van der Waals surface area contributed by atoms with E-state index in [1.165, 1.54) is 12.2 Å². The highest BCUT2D eigenvalue weighted by molar-refractivity contribution is 5.69. The highest BCUT2D eigenvalue weighted by Crippen LogP contribution is 2.24. The van der Waals surface area contributed by atoms with E-state index in [9.17, 15) is 0 Å². The Morgan fingerprint density at radius 1 is 1.06 bits per heavy atom. The fourth-order valence-electron chi connectivity index (χ4n) is 2.46. The number of piperazine rings is 1. The average molecular weight is 248 g/mol. The molecule has 1 aromatic rings. The fraction of sp³-hybridized carbons (Fsp3) is 0.571. The molecule has 1 aliphatic rings. The van der Waals surface area contributed by atoms with Crippen LogP contribution >= 0.6 is 0 Å². The maximum Gasteiger partial charge on any atom is 0.0568 e. The van der Waals surface area contributed by atoms with Crippen molar-refractivity contribution in [1.29, 1.82) is 0 Å². The lowest BCUT2D eigenvalue weighted by atomic mass is 10.1. The molecule has 1 saturated heterocycles. The van der Waals surface area contributed by atoms with Crippen LogP contribution in [-0.2, 0) is 0 Å². The number of nitrogens with zero attached hydrogens (tertiary/aromatic N) is 2. The Kier molecular flexibility index (Phi) is 3.97. The number of hydrogen-bond donors (Lipinski definition) is 2. The second-order valence-electron chi connectivity index (χ2n) is 5.49. The zero-order valence-electron chi connectivity index (χ0n) is 11.4. The van der Waals surface area contributed by atoms with Crippen LogP contribution in [0.5, 0.6) is 0 Å². The summed E-state index contributed by atoms with van der Waals surface area (Å²) in [6, 6.07) is 5.93. The van der Waals surface area contributed by atoms with Crippen LogP contribution in [-0.4, -0.2) is 37.6 Å². The third-order valence-electron chi connectivity index (χ3n) is 3.43. The number of hydrogen-bond acceptors (Lipinski definition) is 4. The van der Waals surface area contributed by atoms with Gasteiger partial charge in [0.25, 0.3) is 0 Å². The average Bonchev–Trinajstić information content (AvgIpc) is 2.33. The molecule has 1 aromatic carbocycles. The molecule has 0 atom stereocenters. The number of anilines is 3. The molecule has 100 valence electrons. The Bertz CT molecular complexity index is 395. The van der Waals surface area contributed by atoms with E-state index in [-0.39, 0.29) is 0 Å². The van der Waals surface area contributed by atoms with Crippen LogP contribution in [0.1, 0.15) is 13.8 Å². The van der Waals surface area contributed by atoms with Gasteiger partial charge in [0.15, 0.2) is 0 Å². The fourth-order valence-corrected chi connectivity index (χ4v) is 2.46. The predicted molar refractivity (Wildman–Crippen MR) is 78.8 cm³/mol. The molecule has 1 heterocycles. The molecule has 0 spiro atoms. The quantitative estimate of drug-likeness (QED) is 0.798. The highest BCUT2D eigenvalue weighted by Gasteiger charge is 2.17. The molecule has 0 amide bonds. The minimum absolute atomic E-state index is 0.664. The number of nitrogen functional groups attached to an aromatic ring is 2. The summed E-state index contributed by atoms with van der Waals surface area (Å²) < 4.78 is 0. The van der Waals surface area contributed by atoms with Crippen molar-refractivity contribution in [2.45, 2.75) is 13.8 Å². The Labute approximate surface area is 110 Å². The lowest BCUT2D eigenvalue weighted by Crippen LogP contribution is -2.47. The molecule has 0 saturated carbocycles. The Hall–Kier alpha value is -1.42. The molecule has 0 aromatic heterocycles. The van der Waals surface area contributed by atoms with E-state index >= 15 is 0 Å². The maximum absolute atomic E-state index is 5.86. The standard InChI is InChI=1S/C14H24N4/c1-11(2)10-17-5-7-18(8-6-17)12-3-4-13(15)14(16)9-12/h3-4,9,11H,5-8,10,15-16H2,1-2H3. The molecule has 0 aliphatic carbocycles. The maximum atomic E-state index is 5.86. The summed E-state index contributed by atoms with van der Waals surface area (Å²) in [6.07, 6.45) is 0. The van der Waals surface area contributed by atoms with Crippen molar-refractivity contribution in [3.05, 3.63) is 18.2 Å². The summed E-state index contributed by atoms with van der Waals surface area (Å²) in [6.45, 7) is 10.1. The summed E-state index contributed by atoms with van der Waals surface area (Å²) in [7, 11) is 0. The van der Waals surface area contributed by atoms with E-state index in [0.29, 0.717) is 11.4 Å². The van der Waals surface area contributed by atoms with E-state index in [0.717, 1.165) is 32.1 Å². The van der Waals surface area contributed by atoms with Gasteiger partial charge in [-0.1, -0.05) is 13.8 Å². The van der Waals surface area contributed by atoms with Crippen molar-refractivity contribution in [2.75, 3.05) is 49.1 Å². The molecule has 0 bridgehead atoms. The van der Waals surface area contributed by atoms with Gasteiger partial charge in [0.05, 0.1) is 11.4 Å². The summed E-state index contributed by atoms with van der Waals surface area (Å²) in [5.74, 6) is 0.740. The van der Waals surface area contributed by atoms with Gasteiger partial charge in [0, 0.05) is 38.4 Å². The molecule has 4 nitrogen and oxygen atoms in total. The van der Waals surface area contributed by atoms with Gasteiger partial charge in [-0.05, 0) is 24.1 Å². The first-order valence-corrected chi connectivity index (χ1v) is 6.68. The van der Waals surface area contributed by atoms with Gasteiger partial charge in [0.2, 0.25) is 0 Å². The summed E-state index contributed by atoms with van der Waals surface area (Å²) in [5, 5.41) is 0. The molecule has 0 unspecified atom stereocenters. The van der Waals surface area contributed by atoms with Crippen LogP contribution in [0.3, 0.4) is 0 Å². The minimum Gasteiger partial charge on any atom is -0.397 e. The highest BCUT2D eigenvalue weighted by atomic mass is 15.3. The molecule has 1 fully saturated rings. The van der Waals surface area contributed by atoms with E-state index in [1.807, 2.05) is 12.1 Å². The van der Waals surface area contributed by atoms with Crippen LogP contribution in [0.15, 0.2) is 18.2 Å². The van der Waals surface area contributed by atoms with Gasteiger partial charge in [-0.3, -0.25) is 4.90 Å². The first-order chi connectivity index (χ1) is 8.56. The summed E-state index contributed by atoms with van der Waals surface area (Å²) >= 11 is 0. The summed E-state index contributed by atoms with van der Waals surface area (Å²) in [4.78, 5) is 4.91. The molecule has 2 rings (SSSR count). The van der Waals surface area contributed by atoms with Crippen molar-refractivity contribution in [1.82, 2.24) is 4.90 Å². The summed E-state index contributed by atoms with van der Waals surface area (Å²) in [5.41, 5.74) is 14.1. The molecular weight excluding hydrogens is 224 g/mol. The van der Waals surface area contributed by atoms with Crippen LogP contribution in [0.2, 0.25) is 0 Å². The first-order valence-electron chi connectivity index (χ1n) is 6.68. The topological polar surface area (TPSA) is 58.5 Å². The van der Waals surface area contributed by atoms with Crippen LogP contribution in [0.25, 0.3) is 0 Å². The molecule has 18 heavy (non-hydrogen) atoms. The van der Waals surface area contributed by atoms with E-state index in [2.05, 4.69) is 29.7 Å². The third-order valence-corrected chi connectivity index (χ3v) is 3.43. The van der Waals surface area contributed by atoms with Crippen LogP contribution < -0.4 is 16.4 Å². The zero-order chi connectivity index (χ0) is 13.1. The van der Waals surface area contributed by atoms with E-state index in [4.69, 9.17) is 11.5 Å². The Morgan fingerprint density at radius 3 is 2.28 bits per heavy atom. The van der Waals surface area contributed by atoms with Gasteiger partial charge < -0.3 is 16.4 Å². The smallest absolute Gasteiger partial charge is 0.0568 e. The van der Waals surface area contributed by atoms with Gasteiger partial charge in [-0.15, -0.1) is 0 Å². The molecule has 1 aliphatic heterocycles. The van der Waals surface area contributed by atoms with Crippen LogP contribution in [0.4, 0.5) is 17.1 Å². The second kappa shape index (κ2) is 5.48. The largest absolute Gasteiger partial charge is 0.397 e. The molecule has 4 N–H and O–H groups in total. The lowest BCUT2D eigenvalue weighted by molar-refractivity contribution is 0.231. The molecule has 4 heteroatoms. The normalized spacial score (nSPS) is 17.4. The Morgan fingerprint density at radius 2 is 1.72 bits per heavy atom. The SMILES string of the molecule is CC(C)CN1CCN(c2ccc(N)c(N)c2)CC1. The van der Waals surface area contributed by atoms with Crippen LogP contribution in [0, 0.1) is 5.92 Å². The zero-order valence-corrected chi connectivity index (χ0v) is 11.4. The van der Waals surface area contributed by atoms with E-state index < -0.39 is 0 Å². The Balaban J connectivity index is 1.94. The van der Waals surface area contributed by atoms with Gasteiger partial charge in [-0.25, -0.2) is 0 Å². The third kappa shape index (κ3) is 3.07. The molecular formula is C14H24N4. The number of nitrogens with two attached hydrogens (primary N) is 2. The van der Waals surface area contributed by atoms with E-state index in [1.54, 1.807) is 0 Å². The lowest BCUT2D eigenvalue weighted by Gasteiger charge is -2.37. The first kappa shape index (κ1) is 13.0. The van der Waals surface area contributed by atoms with Crippen molar-refractivity contribution >= 4 is 17.1 Å². The van der Waals surface area contributed by atoms with Gasteiger partial charge in [0.1, 0.15) is 0 Å². The van der Waals surface area contributed by atoms with Crippen molar-refractivity contribution < 1.29 is 0 Å². The number of benzene rings is 1. The predicted octanol–water partition coefficient (Wildman–Crippen LogP) is 1.63.